The summed E-state index contributed by atoms with van der Waals surface area (Å²) < 4.78 is 25.6. The third-order valence-electron chi connectivity index (χ3n) is 4.18. The van der Waals surface area contributed by atoms with Gasteiger partial charge in [-0.1, -0.05) is 41.9 Å². The van der Waals surface area contributed by atoms with Crippen LogP contribution in [0.15, 0.2) is 59.5 Å². The van der Waals surface area contributed by atoms with Crippen molar-refractivity contribution in [3.8, 4) is 0 Å². The quantitative estimate of drug-likeness (QED) is 0.878. The lowest BCUT2D eigenvalue weighted by atomic mass is 10.1. The SMILES string of the molecule is N[C@]1(C(=O)O)[C@H](c2ccccc2)[C@H]1S(=O)(=O)c1ccc(Cl)cc1. The first-order valence-corrected chi connectivity index (χ1v) is 8.78. The zero-order chi connectivity index (χ0) is 16.8. The highest BCUT2D eigenvalue weighted by atomic mass is 35.5. The summed E-state index contributed by atoms with van der Waals surface area (Å²) in [5, 5.41) is 8.65. The predicted molar refractivity (Wildman–Crippen MR) is 86.2 cm³/mol. The number of carbonyl (C=O) groups is 1. The highest BCUT2D eigenvalue weighted by Gasteiger charge is 2.74. The summed E-state index contributed by atoms with van der Waals surface area (Å²) in [7, 11) is -3.90. The van der Waals surface area contributed by atoms with Crippen molar-refractivity contribution in [1.82, 2.24) is 0 Å². The van der Waals surface area contributed by atoms with E-state index in [0.717, 1.165) is 0 Å². The minimum atomic E-state index is -3.90. The van der Waals surface area contributed by atoms with Crippen LogP contribution in [0.4, 0.5) is 0 Å². The summed E-state index contributed by atoms with van der Waals surface area (Å²) in [4.78, 5) is 11.6. The number of halogens is 1. The van der Waals surface area contributed by atoms with E-state index in [1.165, 1.54) is 24.3 Å². The van der Waals surface area contributed by atoms with Gasteiger partial charge in [-0.3, -0.25) is 4.79 Å². The molecule has 0 amide bonds. The summed E-state index contributed by atoms with van der Waals surface area (Å²) in [6, 6.07) is 14.2. The molecule has 3 atom stereocenters. The first kappa shape index (κ1) is 16.0. The number of hydrogen-bond acceptors (Lipinski definition) is 4. The number of benzene rings is 2. The van der Waals surface area contributed by atoms with Crippen molar-refractivity contribution in [1.29, 1.82) is 0 Å². The first-order valence-electron chi connectivity index (χ1n) is 6.86. The highest BCUT2D eigenvalue weighted by Crippen LogP contribution is 2.55. The van der Waals surface area contributed by atoms with Gasteiger partial charge < -0.3 is 10.8 Å². The number of hydrogen-bond donors (Lipinski definition) is 2. The second kappa shape index (κ2) is 5.33. The van der Waals surface area contributed by atoms with Gasteiger partial charge in [0, 0.05) is 10.9 Å². The van der Waals surface area contributed by atoms with E-state index in [-0.39, 0.29) is 4.90 Å². The number of nitrogens with two attached hydrogens (primary N) is 1. The van der Waals surface area contributed by atoms with E-state index in [9.17, 15) is 18.3 Å². The molecule has 0 saturated heterocycles. The summed E-state index contributed by atoms with van der Waals surface area (Å²) in [5.41, 5.74) is 4.72. The van der Waals surface area contributed by atoms with Crippen molar-refractivity contribution in [2.24, 2.45) is 5.73 Å². The van der Waals surface area contributed by atoms with Crippen LogP contribution >= 0.6 is 11.6 Å². The largest absolute Gasteiger partial charge is 0.480 e. The lowest BCUT2D eigenvalue weighted by Gasteiger charge is -2.06. The molecule has 1 saturated carbocycles. The molecule has 0 heterocycles. The van der Waals surface area contributed by atoms with E-state index in [4.69, 9.17) is 17.3 Å². The molecule has 3 rings (SSSR count). The molecule has 23 heavy (non-hydrogen) atoms. The Bertz CT molecular complexity index is 851. The molecule has 7 heteroatoms. The van der Waals surface area contributed by atoms with Gasteiger partial charge in [-0.15, -0.1) is 0 Å². The fourth-order valence-electron chi connectivity index (χ4n) is 2.95. The molecule has 1 aliphatic rings. The molecule has 0 unspecified atom stereocenters. The topological polar surface area (TPSA) is 97.5 Å². The van der Waals surface area contributed by atoms with Gasteiger partial charge >= 0.3 is 5.97 Å². The molecule has 1 aliphatic carbocycles. The van der Waals surface area contributed by atoms with Gasteiger partial charge in [-0.05, 0) is 29.8 Å². The average Bonchev–Trinajstić information content (AvgIpc) is 3.17. The summed E-state index contributed by atoms with van der Waals surface area (Å²) in [6.45, 7) is 0. The van der Waals surface area contributed by atoms with Gasteiger partial charge in [0.05, 0.1) is 4.90 Å². The van der Waals surface area contributed by atoms with E-state index in [0.29, 0.717) is 10.6 Å². The second-order valence-corrected chi connectivity index (χ2v) is 8.05. The third-order valence-corrected chi connectivity index (χ3v) is 6.70. The van der Waals surface area contributed by atoms with E-state index in [1.807, 2.05) is 0 Å². The molecule has 3 N–H and O–H groups in total. The molecule has 0 radical (unpaired) electrons. The van der Waals surface area contributed by atoms with Crippen molar-refractivity contribution in [3.63, 3.8) is 0 Å². The van der Waals surface area contributed by atoms with E-state index in [1.54, 1.807) is 30.3 Å². The monoisotopic (exact) mass is 351 g/mol. The van der Waals surface area contributed by atoms with Crippen LogP contribution in [0, 0.1) is 0 Å². The smallest absolute Gasteiger partial charge is 0.325 e. The Hall–Kier alpha value is -1.89. The Balaban J connectivity index is 2.07. The molecule has 0 bridgehead atoms. The van der Waals surface area contributed by atoms with Crippen LogP contribution in [0.25, 0.3) is 0 Å². The number of sulfone groups is 1. The molecular weight excluding hydrogens is 338 g/mol. The van der Waals surface area contributed by atoms with E-state index < -0.39 is 32.5 Å². The van der Waals surface area contributed by atoms with Crippen LogP contribution in [0.1, 0.15) is 11.5 Å². The molecular formula is C16H14ClNO4S. The summed E-state index contributed by atoms with van der Waals surface area (Å²) in [6.07, 6.45) is 0. The van der Waals surface area contributed by atoms with Crippen molar-refractivity contribution < 1.29 is 18.3 Å². The molecule has 0 aliphatic heterocycles. The Morgan fingerprint density at radius 3 is 2.17 bits per heavy atom. The molecule has 5 nitrogen and oxygen atoms in total. The molecule has 2 aromatic rings. The molecule has 0 spiro atoms. The number of rotatable bonds is 4. The Labute approximate surface area is 138 Å². The standard InChI is InChI=1S/C16H14ClNO4S/c17-11-6-8-12(9-7-11)23(21,22)14-13(16(14,18)15(19)20)10-4-2-1-3-5-10/h1-9,13-14H,18H2,(H,19,20)/t13-,14-,16-/m1/s1. The van der Waals surface area contributed by atoms with Gasteiger partial charge in [0.1, 0.15) is 10.8 Å². The van der Waals surface area contributed by atoms with Crippen molar-refractivity contribution in [2.45, 2.75) is 21.6 Å². The van der Waals surface area contributed by atoms with Crippen LogP contribution < -0.4 is 5.73 Å². The van der Waals surface area contributed by atoms with Crippen LogP contribution in [-0.2, 0) is 14.6 Å². The number of carboxylic acids is 1. The molecule has 120 valence electrons. The molecule has 0 aromatic heterocycles. The van der Waals surface area contributed by atoms with Gasteiger partial charge in [0.15, 0.2) is 9.84 Å². The Kier molecular flexibility index (Phi) is 3.71. The Morgan fingerprint density at radius 2 is 1.65 bits per heavy atom. The van der Waals surface area contributed by atoms with E-state index in [2.05, 4.69) is 0 Å². The van der Waals surface area contributed by atoms with Gasteiger partial charge in [0.25, 0.3) is 0 Å². The highest BCUT2D eigenvalue weighted by molar-refractivity contribution is 7.92. The van der Waals surface area contributed by atoms with Crippen molar-refractivity contribution >= 4 is 27.4 Å². The fraction of sp³-hybridized carbons (Fsp3) is 0.188. The van der Waals surface area contributed by atoms with Crippen LogP contribution in [-0.4, -0.2) is 30.3 Å². The number of carboxylic acid groups (broad SMARTS) is 1. The van der Waals surface area contributed by atoms with Crippen molar-refractivity contribution in [2.75, 3.05) is 0 Å². The molecule has 2 aromatic carbocycles. The lowest BCUT2D eigenvalue weighted by Crippen LogP contribution is -2.39. The number of aliphatic carboxylic acids is 1. The van der Waals surface area contributed by atoms with Gasteiger partial charge in [-0.25, -0.2) is 8.42 Å². The second-order valence-electron chi connectivity index (χ2n) is 5.55. The van der Waals surface area contributed by atoms with Crippen LogP contribution in [0.3, 0.4) is 0 Å². The van der Waals surface area contributed by atoms with Gasteiger partial charge in [0.2, 0.25) is 0 Å². The maximum atomic E-state index is 12.8. The first-order chi connectivity index (χ1) is 10.8. The van der Waals surface area contributed by atoms with Crippen LogP contribution in [0.2, 0.25) is 5.02 Å². The van der Waals surface area contributed by atoms with Crippen LogP contribution in [0.5, 0.6) is 0 Å². The summed E-state index contributed by atoms with van der Waals surface area (Å²) in [5.74, 6) is -2.12. The zero-order valence-corrected chi connectivity index (χ0v) is 13.5. The normalized spacial score (nSPS) is 26.7. The maximum Gasteiger partial charge on any atom is 0.325 e. The van der Waals surface area contributed by atoms with Gasteiger partial charge in [-0.2, -0.15) is 0 Å². The fourth-order valence-corrected chi connectivity index (χ4v) is 5.30. The molecule has 1 fully saturated rings. The predicted octanol–water partition coefficient (Wildman–Crippen LogP) is 2.06. The summed E-state index contributed by atoms with van der Waals surface area (Å²) >= 11 is 5.77. The minimum absolute atomic E-state index is 0.0152. The maximum absolute atomic E-state index is 12.8. The third kappa shape index (κ3) is 2.43. The zero-order valence-electron chi connectivity index (χ0n) is 11.9. The lowest BCUT2D eigenvalue weighted by molar-refractivity contribution is -0.139. The van der Waals surface area contributed by atoms with E-state index >= 15 is 0 Å². The average molecular weight is 352 g/mol. The van der Waals surface area contributed by atoms with Crippen molar-refractivity contribution in [3.05, 3.63) is 65.2 Å². The Morgan fingerprint density at radius 1 is 1.09 bits per heavy atom. The minimum Gasteiger partial charge on any atom is -0.480 e.